The third kappa shape index (κ3) is 3.41. The van der Waals surface area contributed by atoms with Crippen LogP contribution in [0.2, 0.25) is 0 Å². The zero-order valence-corrected chi connectivity index (χ0v) is 13.2. The van der Waals surface area contributed by atoms with E-state index in [4.69, 9.17) is 4.74 Å². The van der Waals surface area contributed by atoms with Crippen LogP contribution in [0, 0.1) is 5.82 Å². The van der Waals surface area contributed by atoms with Crippen molar-refractivity contribution in [2.75, 3.05) is 26.3 Å². The molecule has 7 heteroatoms. The third-order valence-electron chi connectivity index (χ3n) is 3.22. The Morgan fingerprint density at radius 3 is 2.95 bits per heavy atom. The van der Waals surface area contributed by atoms with Crippen LogP contribution in [0.5, 0.6) is 0 Å². The smallest absolute Gasteiger partial charge is 0.258 e. The normalized spacial score (nSPS) is 18.4. The first-order valence-corrected chi connectivity index (χ1v) is 7.46. The second kappa shape index (κ2) is 7.00. The summed E-state index contributed by atoms with van der Waals surface area (Å²) in [6.45, 7) is 2.95. The fourth-order valence-electron chi connectivity index (χ4n) is 2.20. The molecule has 1 N–H and O–H groups in total. The van der Waals surface area contributed by atoms with Gasteiger partial charge in [0.05, 0.1) is 18.8 Å². The summed E-state index contributed by atoms with van der Waals surface area (Å²) in [5.74, 6) is -1.42. The molecule has 21 heavy (non-hydrogen) atoms. The molecule has 1 atom stereocenters. The van der Waals surface area contributed by atoms with Gasteiger partial charge in [0.1, 0.15) is 11.9 Å². The van der Waals surface area contributed by atoms with Gasteiger partial charge in [0.25, 0.3) is 5.91 Å². The van der Waals surface area contributed by atoms with E-state index in [1.165, 1.54) is 17.0 Å². The lowest BCUT2D eigenvalue weighted by atomic mass is 10.1. The second-order valence-corrected chi connectivity index (χ2v) is 5.43. The van der Waals surface area contributed by atoms with E-state index >= 15 is 0 Å². The number of rotatable bonds is 3. The molecule has 114 valence electrons. The second-order valence-electron chi connectivity index (χ2n) is 4.58. The highest BCUT2D eigenvalue weighted by Crippen LogP contribution is 2.23. The zero-order valence-electron chi connectivity index (χ0n) is 11.6. The monoisotopic (exact) mass is 358 g/mol. The molecule has 0 spiro atoms. The van der Waals surface area contributed by atoms with Gasteiger partial charge >= 0.3 is 0 Å². The largest absolute Gasteiger partial charge is 0.377 e. The summed E-state index contributed by atoms with van der Waals surface area (Å²) in [5.41, 5.74) is -0.0614. The Labute approximate surface area is 130 Å². The maximum atomic E-state index is 13.9. The number of ether oxygens (including phenoxy) is 1. The number of halogens is 2. The Morgan fingerprint density at radius 2 is 2.29 bits per heavy atom. The number of nitrogens with one attached hydrogen (secondary N) is 1. The third-order valence-corrected chi connectivity index (χ3v) is 3.88. The van der Waals surface area contributed by atoms with Gasteiger partial charge in [-0.25, -0.2) is 4.39 Å². The number of benzene rings is 1. The molecule has 2 rings (SSSR count). The molecule has 0 bridgehead atoms. The summed E-state index contributed by atoms with van der Waals surface area (Å²) in [6, 6.07) is 3.59. The summed E-state index contributed by atoms with van der Waals surface area (Å²) < 4.78 is 19.6. The van der Waals surface area contributed by atoms with Crippen LogP contribution in [0.25, 0.3) is 0 Å². The summed E-state index contributed by atoms with van der Waals surface area (Å²) in [7, 11) is 0. The Bertz CT molecular complexity index is 533. The molecule has 2 amide bonds. The Morgan fingerprint density at radius 1 is 1.52 bits per heavy atom. The van der Waals surface area contributed by atoms with Crippen molar-refractivity contribution >= 4 is 27.7 Å². The van der Waals surface area contributed by atoms with Crippen molar-refractivity contribution < 1.29 is 18.7 Å². The average molecular weight is 359 g/mol. The lowest BCUT2D eigenvalue weighted by Gasteiger charge is -2.34. The number of likely N-dealkylation sites (N-methyl/N-ethyl adjacent to an activating group) is 1. The quantitative estimate of drug-likeness (QED) is 0.891. The number of carbonyl (C=O) groups is 2. The van der Waals surface area contributed by atoms with Gasteiger partial charge in [-0.05, 0) is 35.0 Å². The predicted molar refractivity (Wildman–Crippen MR) is 78.4 cm³/mol. The number of nitrogens with zero attached hydrogens (tertiary/aromatic N) is 1. The van der Waals surface area contributed by atoms with E-state index in [0.29, 0.717) is 17.6 Å². The fraction of sp³-hybridized carbons (Fsp3) is 0.429. The molecule has 1 unspecified atom stereocenters. The zero-order chi connectivity index (χ0) is 15.4. The number of morpholine rings is 1. The van der Waals surface area contributed by atoms with Crippen molar-refractivity contribution in [3.05, 3.63) is 34.1 Å². The van der Waals surface area contributed by atoms with Crippen molar-refractivity contribution in [3.63, 3.8) is 0 Å². The standard InChI is InChI=1S/C14H16BrFN2O3/c1-2-17-13(19)11-8-21-7-6-18(11)14(20)12-9(15)4-3-5-10(12)16/h3-5,11H,2,6-8H2,1H3,(H,17,19). The van der Waals surface area contributed by atoms with Crippen LogP contribution in [0.1, 0.15) is 17.3 Å². The van der Waals surface area contributed by atoms with E-state index in [9.17, 15) is 14.0 Å². The van der Waals surface area contributed by atoms with Crippen LogP contribution in [-0.4, -0.2) is 49.1 Å². The van der Waals surface area contributed by atoms with E-state index in [2.05, 4.69) is 21.2 Å². The van der Waals surface area contributed by atoms with E-state index in [-0.39, 0.29) is 24.6 Å². The van der Waals surface area contributed by atoms with Gasteiger partial charge in [0.2, 0.25) is 5.91 Å². The number of hydrogen-bond acceptors (Lipinski definition) is 3. The Balaban J connectivity index is 2.29. The first-order chi connectivity index (χ1) is 10.1. The summed E-state index contributed by atoms with van der Waals surface area (Å²) in [4.78, 5) is 26.0. The van der Waals surface area contributed by atoms with Gasteiger partial charge in [-0.15, -0.1) is 0 Å². The molecular formula is C14H16BrFN2O3. The van der Waals surface area contributed by atoms with Crippen LogP contribution < -0.4 is 5.32 Å². The first-order valence-electron chi connectivity index (χ1n) is 6.66. The van der Waals surface area contributed by atoms with E-state index < -0.39 is 17.8 Å². The topological polar surface area (TPSA) is 58.6 Å². The van der Waals surface area contributed by atoms with E-state index in [1.807, 2.05) is 0 Å². The Hall–Kier alpha value is -1.47. The summed E-state index contributed by atoms with van der Waals surface area (Å²) in [5, 5.41) is 2.66. The molecule has 1 saturated heterocycles. The molecule has 1 heterocycles. The SMILES string of the molecule is CCNC(=O)C1COCCN1C(=O)c1c(F)cccc1Br. The van der Waals surface area contributed by atoms with Crippen LogP contribution in [0.3, 0.4) is 0 Å². The molecule has 1 aromatic rings. The summed E-state index contributed by atoms with van der Waals surface area (Å²) >= 11 is 3.18. The molecule has 1 aliphatic rings. The number of carbonyl (C=O) groups excluding carboxylic acids is 2. The molecular weight excluding hydrogens is 343 g/mol. The van der Waals surface area contributed by atoms with Crippen molar-refractivity contribution in [1.29, 1.82) is 0 Å². The lowest BCUT2D eigenvalue weighted by Crippen LogP contribution is -2.56. The van der Waals surface area contributed by atoms with Crippen LogP contribution in [-0.2, 0) is 9.53 Å². The maximum Gasteiger partial charge on any atom is 0.258 e. The minimum atomic E-state index is -0.738. The van der Waals surface area contributed by atoms with Crippen molar-refractivity contribution in [1.82, 2.24) is 10.2 Å². The summed E-state index contributed by atoms with van der Waals surface area (Å²) in [6.07, 6.45) is 0. The molecule has 1 fully saturated rings. The maximum absolute atomic E-state index is 13.9. The van der Waals surface area contributed by atoms with Gasteiger partial charge in [-0.1, -0.05) is 6.07 Å². The van der Waals surface area contributed by atoms with Gasteiger partial charge in [-0.2, -0.15) is 0 Å². The lowest BCUT2D eigenvalue weighted by molar-refractivity contribution is -0.130. The van der Waals surface area contributed by atoms with E-state index in [1.54, 1.807) is 13.0 Å². The van der Waals surface area contributed by atoms with Crippen molar-refractivity contribution in [2.45, 2.75) is 13.0 Å². The molecule has 0 aliphatic carbocycles. The highest BCUT2D eigenvalue weighted by Gasteiger charge is 2.34. The van der Waals surface area contributed by atoms with Crippen LogP contribution in [0.15, 0.2) is 22.7 Å². The average Bonchev–Trinajstić information content (AvgIpc) is 2.47. The van der Waals surface area contributed by atoms with Crippen molar-refractivity contribution in [3.8, 4) is 0 Å². The number of amides is 2. The van der Waals surface area contributed by atoms with Gasteiger partial charge in [0, 0.05) is 17.6 Å². The molecule has 0 radical (unpaired) electrons. The van der Waals surface area contributed by atoms with Gasteiger partial charge in [0.15, 0.2) is 0 Å². The number of hydrogen-bond donors (Lipinski definition) is 1. The van der Waals surface area contributed by atoms with Crippen molar-refractivity contribution in [2.24, 2.45) is 0 Å². The van der Waals surface area contributed by atoms with Crippen LogP contribution in [0.4, 0.5) is 4.39 Å². The highest BCUT2D eigenvalue weighted by molar-refractivity contribution is 9.10. The van der Waals surface area contributed by atoms with Crippen LogP contribution >= 0.6 is 15.9 Å². The minimum Gasteiger partial charge on any atom is -0.377 e. The molecule has 1 aliphatic heterocycles. The fourth-order valence-corrected chi connectivity index (χ4v) is 2.71. The molecule has 0 aromatic heterocycles. The Kier molecular flexibility index (Phi) is 5.30. The van der Waals surface area contributed by atoms with Gasteiger partial charge in [-0.3, -0.25) is 9.59 Å². The first kappa shape index (κ1) is 15.9. The molecule has 5 nitrogen and oxygen atoms in total. The predicted octanol–water partition coefficient (Wildman–Crippen LogP) is 1.57. The minimum absolute atomic E-state index is 0.0614. The molecule has 0 saturated carbocycles. The van der Waals surface area contributed by atoms with Gasteiger partial charge < -0.3 is 15.0 Å². The molecule has 1 aromatic carbocycles. The highest BCUT2D eigenvalue weighted by atomic mass is 79.9. The van der Waals surface area contributed by atoms with E-state index in [0.717, 1.165) is 0 Å².